The van der Waals surface area contributed by atoms with Crippen LogP contribution in [-0.4, -0.2) is 27.9 Å². The van der Waals surface area contributed by atoms with Gasteiger partial charge in [-0.25, -0.2) is 0 Å². The standard InChI is InChI=1S/C19H21NO4/c1-10-9-19(3,17(23)11(10)2)13-16(22)14(20-18(13)24)15(21)12-7-5-4-6-8-12/h4-8,14-15,21-22H,9H2,1-3H3,(H,20,24)/t14-,15-,19+/m1/s1. The minimum Gasteiger partial charge on any atom is -0.509 e. The second-order valence-electron chi connectivity index (χ2n) is 6.81. The van der Waals surface area contributed by atoms with E-state index in [1.807, 2.05) is 13.0 Å². The molecular weight excluding hydrogens is 306 g/mol. The van der Waals surface area contributed by atoms with Crippen molar-refractivity contribution >= 4 is 11.7 Å². The summed E-state index contributed by atoms with van der Waals surface area (Å²) >= 11 is 0. The molecule has 5 nitrogen and oxygen atoms in total. The van der Waals surface area contributed by atoms with Crippen molar-refractivity contribution in [2.24, 2.45) is 5.41 Å². The molecular formula is C19H21NO4. The van der Waals surface area contributed by atoms with Crippen LogP contribution in [0.25, 0.3) is 0 Å². The number of aliphatic hydroxyl groups is 2. The van der Waals surface area contributed by atoms with Crippen LogP contribution >= 0.6 is 0 Å². The number of carbonyl (C=O) groups excluding carboxylic acids is 2. The predicted octanol–water partition coefficient (Wildman–Crippen LogP) is 2.35. The number of carbonyl (C=O) groups is 2. The molecule has 1 heterocycles. The zero-order valence-electron chi connectivity index (χ0n) is 14.0. The zero-order chi connectivity index (χ0) is 17.6. The van der Waals surface area contributed by atoms with Crippen molar-refractivity contribution in [2.75, 3.05) is 0 Å². The van der Waals surface area contributed by atoms with Crippen LogP contribution in [0.15, 0.2) is 52.8 Å². The molecule has 0 unspecified atom stereocenters. The summed E-state index contributed by atoms with van der Waals surface area (Å²) < 4.78 is 0. The number of hydrogen-bond donors (Lipinski definition) is 3. The minimum absolute atomic E-state index is 0.0729. The maximum absolute atomic E-state index is 12.6. The third-order valence-corrected chi connectivity index (χ3v) is 5.17. The van der Waals surface area contributed by atoms with Gasteiger partial charge in [0.1, 0.15) is 17.9 Å². The average molecular weight is 327 g/mol. The van der Waals surface area contributed by atoms with E-state index in [2.05, 4.69) is 5.32 Å². The number of Topliss-reactive ketones (excluding diaryl/α,β-unsaturated/α-hetero) is 1. The second kappa shape index (κ2) is 5.60. The van der Waals surface area contributed by atoms with Gasteiger partial charge in [-0.2, -0.15) is 0 Å². The summed E-state index contributed by atoms with van der Waals surface area (Å²) in [7, 11) is 0. The molecule has 1 aromatic carbocycles. The number of allylic oxidation sites excluding steroid dienone is 2. The van der Waals surface area contributed by atoms with Crippen LogP contribution in [0.5, 0.6) is 0 Å². The molecule has 0 spiro atoms. The summed E-state index contributed by atoms with van der Waals surface area (Å²) in [6, 6.07) is 7.87. The van der Waals surface area contributed by atoms with Crippen molar-refractivity contribution < 1.29 is 19.8 Å². The van der Waals surface area contributed by atoms with Crippen LogP contribution in [0, 0.1) is 5.41 Å². The summed E-state index contributed by atoms with van der Waals surface area (Å²) in [4.78, 5) is 25.1. The number of benzene rings is 1. The van der Waals surface area contributed by atoms with Crippen LogP contribution in [-0.2, 0) is 9.59 Å². The van der Waals surface area contributed by atoms with Crippen molar-refractivity contribution in [1.29, 1.82) is 0 Å². The lowest BCUT2D eigenvalue weighted by atomic mass is 9.76. The second-order valence-corrected chi connectivity index (χ2v) is 6.81. The van der Waals surface area contributed by atoms with Gasteiger partial charge < -0.3 is 15.5 Å². The van der Waals surface area contributed by atoms with Crippen LogP contribution < -0.4 is 5.32 Å². The molecule has 0 fully saturated rings. The number of hydrogen-bond acceptors (Lipinski definition) is 4. The predicted molar refractivity (Wildman–Crippen MR) is 89.1 cm³/mol. The molecule has 1 amide bonds. The Morgan fingerprint density at radius 1 is 1.21 bits per heavy atom. The van der Waals surface area contributed by atoms with Gasteiger partial charge in [-0.3, -0.25) is 9.59 Å². The van der Waals surface area contributed by atoms with Gasteiger partial charge in [0.25, 0.3) is 5.91 Å². The van der Waals surface area contributed by atoms with E-state index in [1.165, 1.54) is 0 Å². The molecule has 1 aromatic rings. The first kappa shape index (κ1) is 16.5. The quantitative estimate of drug-likeness (QED) is 0.795. The fraction of sp³-hybridized carbons (Fsp3) is 0.368. The van der Waals surface area contributed by atoms with Gasteiger partial charge >= 0.3 is 0 Å². The molecule has 2 aliphatic rings. The maximum Gasteiger partial charge on any atom is 0.252 e. The number of ketones is 1. The number of amides is 1. The van der Waals surface area contributed by atoms with Crippen molar-refractivity contribution in [2.45, 2.75) is 39.3 Å². The van der Waals surface area contributed by atoms with Crippen LogP contribution in [0.4, 0.5) is 0 Å². The van der Waals surface area contributed by atoms with E-state index in [0.29, 0.717) is 17.6 Å². The molecule has 1 aliphatic heterocycles. The van der Waals surface area contributed by atoms with Crippen molar-refractivity contribution in [3.05, 3.63) is 58.4 Å². The fourth-order valence-electron chi connectivity index (χ4n) is 3.71. The average Bonchev–Trinajstić information content (AvgIpc) is 2.97. The van der Waals surface area contributed by atoms with E-state index in [9.17, 15) is 19.8 Å². The molecule has 3 atom stereocenters. The van der Waals surface area contributed by atoms with Crippen LogP contribution in [0.3, 0.4) is 0 Å². The molecule has 0 saturated carbocycles. The molecule has 3 N–H and O–H groups in total. The SMILES string of the molecule is CC1=C(C)C(=O)[C@](C)(C2=C(O)[C@@H]([C@H](O)c3ccccc3)NC2=O)C1. The third-order valence-electron chi connectivity index (χ3n) is 5.17. The Morgan fingerprint density at radius 3 is 2.38 bits per heavy atom. The third kappa shape index (κ3) is 2.27. The maximum atomic E-state index is 12.6. The number of nitrogens with one attached hydrogen (secondary N) is 1. The van der Waals surface area contributed by atoms with E-state index >= 15 is 0 Å². The zero-order valence-corrected chi connectivity index (χ0v) is 14.0. The molecule has 0 radical (unpaired) electrons. The Balaban J connectivity index is 1.99. The lowest BCUT2D eigenvalue weighted by Gasteiger charge is -2.23. The van der Waals surface area contributed by atoms with Gasteiger partial charge in [0.2, 0.25) is 0 Å². The first-order chi connectivity index (χ1) is 11.3. The van der Waals surface area contributed by atoms with Crippen LogP contribution in [0.1, 0.15) is 38.9 Å². The smallest absolute Gasteiger partial charge is 0.252 e. The summed E-state index contributed by atoms with van der Waals surface area (Å²) in [6.07, 6.45) is -0.679. The van der Waals surface area contributed by atoms with Crippen molar-refractivity contribution in [3.8, 4) is 0 Å². The molecule has 126 valence electrons. The first-order valence-electron chi connectivity index (χ1n) is 7.96. The monoisotopic (exact) mass is 327 g/mol. The Morgan fingerprint density at radius 2 is 1.83 bits per heavy atom. The molecule has 0 bridgehead atoms. The Bertz CT molecular complexity index is 778. The summed E-state index contributed by atoms with van der Waals surface area (Å²) in [5.41, 5.74) is 1.14. The lowest BCUT2D eigenvalue weighted by Crippen LogP contribution is -2.36. The molecule has 3 rings (SSSR count). The molecule has 0 saturated heterocycles. The largest absolute Gasteiger partial charge is 0.509 e. The molecule has 1 aliphatic carbocycles. The lowest BCUT2D eigenvalue weighted by molar-refractivity contribution is -0.125. The summed E-state index contributed by atoms with van der Waals surface area (Å²) in [5.74, 6) is -0.882. The van der Waals surface area contributed by atoms with Crippen molar-refractivity contribution in [1.82, 2.24) is 5.32 Å². The summed E-state index contributed by atoms with van der Waals surface area (Å²) in [6.45, 7) is 5.28. The van der Waals surface area contributed by atoms with Gasteiger partial charge in [0, 0.05) is 0 Å². The van der Waals surface area contributed by atoms with Gasteiger partial charge in [-0.15, -0.1) is 0 Å². The molecule has 0 aromatic heterocycles. The Hall–Kier alpha value is -2.40. The van der Waals surface area contributed by atoms with Crippen molar-refractivity contribution in [3.63, 3.8) is 0 Å². The van der Waals surface area contributed by atoms with E-state index in [4.69, 9.17) is 0 Å². The van der Waals surface area contributed by atoms with E-state index in [0.717, 1.165) is 5.57 Å². The Labute approximate surface area is 140 Å². The van der Waals surface area contributed by atoms with E-state index in [1.54, 1.807) is 38.1 Å². The molecule has 5 heteroatoms. The van der Waals surface area contributed by atoms with Gasteiger partial charge in [-0.05, 0) is 38.3 Å². The minimum atomic E-state index is -1.08. The molecule has 24 heavy (non-hydrogen) atoms. The number of aliphatic hydroxyl groups excluding tert-OH is 2. The van der Waals surface area contributed by atoms with Gasteiger partial charge in [0.05, 0.1) is 11.0 Å². The van der Waals surface area contributed by atoms with Gasteiger partial charge in [-0.1, -0.05) is 35.9 Å². The summed E-state index contributed by atoms with van der Waals surface area (Å²) in [5, 5.41) is 23.8. The highest BCUT2D eigenvalue weighted by atomic mass is 16.3. The van der Waals surface area contributed by atoms with E-state index in [-0.39, 0.29) is 17.1 Å². The normalized spacial score (nSPS) is 28.6. The van der Waals surface area contributed by atoms with Gasteiger partial charge in [0.15, 0.2) is 5.78 Å². The Kier molecular flexibility index (Phi) is 3.84. The van der Waals surface area contributed by atoms with Crippen LogP contribution in [0.2, 0.25) is 0 Å². The highest BCUT2D eigenvalue weighted by Crippen LogP contribution is 2.47. The number of rotatable bonds is 3. The highest BCUT2D eigenvalue weighted by Gasteiger charge is 2.51. The highest BCUT2D eigenvalue weighted by molar-refractivity contribution is 6.12. The fourth-order valence-corrected chi connectivity index (χ4v) is 3.71. The van der Waals surface area contributed by atoms with E-state index < -0.39 is 23.5 Å². The topological polar surface area (TPSA) is 86.6 Å². The first-order valence-corrected chi connectivity index (χ1v) is 7.96.